The van der Waals surface area contributed by atoms with Crippen molar-refractivity contribution in [2.45, 2.75) is 233 Å². The first-order valence-electron chi connectivity index (χ1n) is 45.9. The van der Waals surface area contributed by atoms with Crippen LogP contribution in [0.3, 0.4) is 0 Å². The zero-order valence-electron chi connectivity index (χ0n) is 84.2. The van der Waals surface area contributed by atoms with Gasteiger partial charge < -0.3 is 164 Å². The van der Waals surface area contributed by atoms with Gasteiger partial charge in [0, 0.05) is 83.9 Å². The molecule has 25 N–H and O–H groups in total. The molecule has 0 bridgehead atoms. The number of carboxylic acids is 8. The second-order valence-corrected chi connectivity index (χ2v) is 33.3. The second-order valence-electron chi connectivity index (χ2n) is 33.3. The van der Waals surface area contributed by atoms with Crippen molar-refractivity contribution in [2.75, 3.05) is 139 Å². The van der Waals surface area contributed by atoms with Gasteiger partial charge >= 0.3 is 47.8 Å². The highest BCUT2D eigenvalue weighted by Crippen LogP contribution is 2.14. The van der Waals surface area contributed by atoms with Crippen molar-refractivity contribution in [3.8, 4) is 0 Å². The van der Waals surface area contributed by atoms with Crippen LogP contribution in [0.4, 0.5) is 0 Å². The third kappa shape index (κ3) is 77.7. The maximum absolute atomic E-state index is 13.0. The molecule has 62 heteroatoms. The van der Waals surface area contributed by atoms with Crippen molar-refractivity contribution in [2.24, 2.45) is 33.9 Å². The lowest BCUT2D eigenvalue weighted by atomic mass is 10.0. The van der Waals surface area contributed by atoms with Gasteiger partial charge in [0.1, 0.15) is 72.5 Å². The van der Waals surface area contributed by atoms with Crippen LogP contribution >= 0.6 is 0 Å². The molecule has 0 saturated heterocycles. The summed E-state index contributed by atoms with van der Waals surface area (Å²) in [5.41, 5.74) is 16.3. The number of nitrogens with one attached hydrogen (secondary N) is 16. The number of aliphatic hydroxyl groups excluding tert-OH is 1. The van der Waals surface area contributed by atoms with Gasteiger partial charge in [-0.2, -0.15) is 0 Å². The van der Waals surface area contributed by atoms with Gasteiger partial charge in [-0.3, -0.25) is 115 Å². The summed E-state index contributed by atoms with van der Waals surface area (Å²) in [6.45, 7) is 21.1. The van der Waals surface area contributed by atoms with E-state index in [4.69, 9.17) is 80.0 Å². The largest absolute Gasteiger partial charge is 0.481 e. The first-order valence-corrected chi connectivity index (χ1v) is 45.9. The lowest BCUT2D eigenvalue weighted by molar-refractivity contribution is -0.142. The van der Waals surface area contributed by atoms with E-state index in [9.17, 15) is 125 Å². The van der Waals surface area contributed by atoms with Gasteiger partial charge in [-0.05, 0) is 60.4 Å². The molecule has 834 valence electrons. The molecule has 0 aliphatic rings. The van der Waals surface area contributed by atoms with Crippen molar-refractivity contribution in [1.29, 1.82) is 0 Å². The van der Waals surface area contributed by atoms with Crippen LogP contribution < -0.4 is 85.1 Å². The number of ether oxygens (including phenoxy) is 7. The molecule has 12 atom stereocenters. The summed E-state index contributed by atoms with van der Waals surface area (Å²) in [5, 5.41) is 125. The van der Waals surface area contributed by atoms with Gasteiger partial charge in [0.2, 0.25) is 94.5 Å². The van der Waals surface area contributed by atoms with Gasteiger partial charge in [-0.25, -0.2) is 0 Å². The second kappa shape index (κ2) is 82.8. The van der Waals surface area contributed by atoms with Crippen LogP contribution in [0.2, 0.25) is 0 Å². The average molecular weight is 2110 g/mol. The molecule has 0 rings (SSSR count). The molecule has 0 aromatic heterocycles. The van der Waals surface area contributed by atoms with E-state index in [-0.39, 0.29) is 168 Å². The maximum Gasteiger partial charge on any atom is 0.305 e. The molecule has 0 fully saturated rings. The minimum absolute atomic E-state index is 0.00327. The Kier molecular flexibility index (Phi) is 78.2. The van der Waals surface area contributed by atoms with Crippen LogP contribution in [0.15, 0.2) is 10.2 Å². The summed E-state index contributed by atoms with van der Waals surface area (Å²) in [6, 6.07) is -16.5. The molecule has 0 aliphatic carbocycles. The SMILES string of the molecule is CC(=O)N[C@@H](CC(=O)O)C(=O)N[C@@H](CC(C)C)C(=O)N[C@@H](CC(=O)O)C(=O)NCCOCCO.CC(=O)N[C@@H](CC(=O)O)C(=O)N[C@@H](CC(C)C)C(=O)N[C@@H](CC(=O)O)C(=O)NCCOCCOCCN=[N+]=[N-].CC(=O)N[C@@H](CC(=O)O)C(=O)N[C@H](CC(C)C)C(=O)N[C@@H](CC(=O)O)C(=O)NCCOCCOCCN=[N+]=[N-].COCCOCCNC(=O)[C@H](CC(=O)O)NC(=O)[C@@H](CC(C)C)NC(=O)[C@H](CC(=O)O)NC(C)=O. The molecule has 0 unspecified atom stereocenters. The lowest BCUT2D eigenvalue weighted by Crippen LogP contribution is -2.57. The van der Waals surface area contributed by atoms with Crippen molar-refractivity contribution in [3.63, 3.8) is 0 Å². The summed E-state index contributed by atoms with van der Waals surface area (Å²) < 4.78 is 35.9. The zero-order valence-corrected chi connectivity index (χ0v) is 84.2. The number of carbonyl (C=O) groups is 24. The highest BCUT2D eigenvalue weighted by atomic mass is 16.5. The van der Waals surface area contributed by atoms with Crippen molar-refractivity contribution in [1.82, 2.24) is 85.1 Å². The monoisotopic (exact) mass is 2110 g/mol. The van der Waals surface area contributed by atoms with Crippen LogP contribution in [-0.2, 0) is 148 Å². The molecule has 0 radical (unpaired) electrons. The Morgan fingerprint density at radius 2 is 0.401 bits per heavy atom. The number of aliphatic hydroxyl groups is 1. The van der Waals surface area contributed by atoms with Crippen LogP contribution in [0.25, 0.3) is 20.9 Å². The van der Waals surface area contributed by atoms with Crippen LogP contribution in [0, 0.1) is 23.7 Å². The molecule has 0 spiro atoms. The normalized spacial score (nSPS) is 13.0. The Morgan fingerprint density at radius 3 is 0.565 bits per heavy atom. The lowest BCUT2D eigenvalue weighted by Gasteiger charge is -2.25. The predicted octanol–water partition coefficient (Wildman–Crippen LogP) is -6.35. The zero-order chi connectivity index (χ0) is 113. The molecule has 62 nitrogen and oxygen atoms in total. The first-order chi connectivity index (χ1) is 69.0. The summed E-state index contributed by atoms with van der Waals surface area (Å²) in [7, 11) is 1.51. The van der Waals surface area contributed by atoms with Crippen LogP contribution in [-0.4, -0.2) is 400 Å². The quantitative estimate of drug-likeness (QED) is 0.0117. The van der Waals surface area contributed by atoms with E-state index in [0.717, 1.165) is 27.7 Å². The predicted molar refractivity (Wildman–Crippen MR) is 506 cm³/mol. The van der Waals surface area contributed by atoms with Gasteiger partial charge in [-0.15, -0.1) is 0 Å². The highest BCUT2D eigenvalue weighted by Gasteiger charge is 2.38. The fraction of sp³-hybridized carbons (Fsp3) is 0.718. The highest BCUT2D eigenvalue weighted by molar-refractivity contribution is 6.01. The number of methoxy groups -OCH3 is 1. The molecule has 16 amide bonds. The number of amides is 16. The molecule has 0 aliphatic heterocycles. The van der Waals surface area contributed by atoms with Crippen molar-refractivity contribution < 1.29 is 194 Å². The van der Waals surface area contributed by atoms with E-state index >= 15 is 0 Å². The Labute approximate surface area is 844 Å². The van der Waals surface area contributed by atoms with Crippen LogP contribution in [0.5, 0.6) is 0 Å². The van der Waals surface area contributed by atoms with E-state index in [2.05, 4.69) is 105 Å². The van der Waals surface area contributed by atoms with Gasteiger partial charge in [0.05, 0.1) is 144 Å². The Hall–Kier alpha value is -14.4. The molecular formula is C85H144N22O40. The maximum atomic E-state index is 13.0. The number of carboxylic acid groups (broad SMARTS) is 8. The van der Waals surface area contributed by atoms with Crippen molar-refractivity contribution in [3.05, 3.63) is 20.9 Å². The number of rotatable bonds is 77. The number of carbonyl (C=O) groups excluding carboxylic acids is 16. The summed E-state index contributed by atoms with van der Waals surface area (Å²) in [4.78, 5) is 292. The van der Waals surface area contributed by atoms with Gasteiger partial charge in [0.25, 0.3) is 0 Å². The minimum atomic E-state index is -1.48. The Balaban J connectivity index is -0.000000929. The van der Waals surface area contributed by atoms with E-state index in [1.165, 1.54) is 7.11 Å². The molecular weight excluding hydrogens is 1970 g/mol. The molecule has 0 saturated carbocycles. The molecule has 147 heavy (non-hydrogen) atoms. The minimum Gasteiger partial charge on any atom is -0.481 e. The first kappa shape index (κ1) is 139. The molecule has 0 aromatic rings. The van der Waals surface area contributed by atoms with E-state index in [0.29, 0.717) is 13.2 Å². The smallest absolute Gasteiger partial charge is 0.305 e. The number of hydrogen-bond acceptors (Lipinski definition) is 34. The van der Waals surface area contributed by atoms with E-state index in [1.807, 2.05) is 0 Å². The van der Waals surface area contributed by atoms with Gasteiger partial charge in [-0.1, -0.05) is 65.6 Å². The number of azide groups is 2. The van der Waals surface area contributed by atoms with Crippen molar-refractivity contribution >= 4 is 142 Å². The third-order valence-corrected chi connectivity index (χ3v) is 18.1. The Morgan fingerprint density at radius 1 is 0.238 bits per heavy atom. The van der Waals surface area contributed by atoms with Crippen LogP contribution in [0.1, 0.15) is 160 Å². The number of aliphatic carboxylic acids is 8. The standard InChI is InChI=1S/2C22H37N7O10.C21H36N4O10.C20H34N4O10/c2*1-13(2)10-15(27-22(37)17(12-19(33)34)26-14(3)30)21(36)28-16(11-18(31)32)20(35)24-4-6-38-8-9-39-7-5-25-29-23;1-12(2)9-14(24-21(33)16(11-18(29)30)23-13(3)26)20(32)25-15(10-17(27)28)19(31)22-5-6-35-8-7-34-4;1-11(2)8-13(23-20(33)15(10-17(29)30)22-12(3)26)19(32)24-14(9-16(27)28)18(31)21-4-6-34-7-5-25/h2*13,15-17H,4-12H2,1-3H3,(H,24,35)(H,26,30)(H,27,37)(H,28,36)(H,31,32)(H,33,34);12,14-16H,5-11H2,1-4H3,(H,22,31)(H,23,26)(H,24,33)(H,25,32)(H,27,28)(H,29,30);11,13-15,25H,4-10H2,1-3H3,(H,21,31)(H,22,26)(H,23,33)(H,24,32)(H,27,28)(H,29,30)/t15-,16+,17+;15-,16-,17-;14-,15+,16+;13-,14-,15-/m1010/s1. The summed E-state index contributed by atoms with van der Waals surface area (Å²) in [6.07, 6.45) is -5.45. The topological polar surface area (TPSA) is 946 Å². The van der Waals surface area contributed by atoms with E-state index < -0.39 is 266 Å². The molecule has 0 aromatic carbocycles. The number of nitrogens with zero attached hydrogens (tertiary/aromatic N) is 6. The summed E-state index contributed by atoms with van der Waals surface area (Å²) >= 11 is 0. The summed E-state index contributed by atoms with van der Waals surface area (Å²) in [5.74, 6) is -24.1. The fourth-order valence-corrected chi connectivity index (χ4v) is 11.9. The molecule has 0 heterocycles. The Bertz CT molecular complexity index is 4100. The average Bonchev–Trinajstić information content (AvgIpc) is 0.874. The van der Waals surface area contributed by atoms with Gasteiger partial charge in [0.15, 0.2) is 0 Å². The van der Waals surface area contributed by atoms with E-state index in [1.54, 1.807) is 55.4 Å². The third-order valence-electron chi connectivity index (χ3n) is 18.1. The number of hydrogen-bond donors (Lipinski definition) is 25. The fourth-order valence-electron chi connectivity index (χ4n) is 11.9.